The summed E-state index contributed by atoms with van der Waals surface area (Å²) in [6.07, 6.45) is 0.782. The van der Waals surface area contributed by atoms with E-state index in [0.29, 0.717) is 17.3 Å². The molecule has 3 aromatic rings. The van der Waals surface area contributed by atoms with E-state index in [1.807, 2.05) is 43.3 Å². The molecule has 134 valence electrons. The van der Waals surface area contributed by atoms with E-state index in [1.54, 1.807) is 12.1 Å². The largest absolute Gasteiger partial charge is 0.394 e. The Bertz CT molecular complexity index is 905. The molecular formula is C20H22N4O2. The smallest absolute Gasteiger partial charge is 0.229 e. The number of para-hydroxylation sites is 1. The number of hydrogen-bond acceptors (Lipinski definition) is 6. The highest BCUT2D eigenvalue weighted by Crippen LogP contribution is 2.24. The van der Waals surface area contributed by atoms with Gasteiger partial charge < -0.3 is 15.7 Å². The first-order valence-electron chi connectivity index (χ1n) is 8.63. The molecule has 1 atom stereocenters. The summed E-state index contributed by atoms with van der Waals surface area (Å²) >= 11 is 0. The van der Waals surface area contributed by atoms with Crippen LogP contribution in [0.15, 0.2) is 48.5 Å². The maximum atomic E-state index is 11.4. The summed E-state index contributed by atoms with van der Waals surface area (Å²) in [6.45, 7) is 3.58. The lowest BCUT2D eigenvalue weighted by molar-refractivity contribution is 0.101. The molecule has 6 heteroatoms. The van der Waals surface area contributed by atoms with Crippen molar-refractivity contribution in [3.63, 3.8) is 0 Å². The van der Waals surface area contributed by atoms with Gasteiger partial charge in [-0.3, -0.25) is 4.79 Å². The van der Waals surface area contributed by atoms with E-state index in [0.717, 1.165) is 23.0 Å². The van der Waals surface area contributed by atoms with Crippen LogP contribution < -0.4 is 10.6 Å². The minimum atomic E-state index is -0.0731. The number of anilines is 3. The summed E-state index contributed by atoms with van der Waals surface area (Å²) in [5, 5.41) is 16.8. The number of aliphatic hydroxyl groups excluding tert-OH is 1. The molecule has 0 saturated carbocycles. The second kappa shape index (κ2) is 7.93. The standard InChI is InChI=1S/C20H22N4O2/c1-3-15(12-25)21-19-17-6-4-5-7-18(17)23-20(24-19)22-16-10-8-14(9-11-16)13(2)26/h4-11,15,25H,3,12H2,1-2H3,(H2,21,22,23,24). The lowest BCUT2D eigenvalue weighted by Gasteiger charge is -2.17. The van der Waals surface area contributed by atoms with E-state index in [9.17, 15) is 9.90 Å². The van der Waals surface area contributed by atoms with Crippen LogP contribution in [0.25, 0.3) is 10.9 Å². The van der Waals surface area contributed by atoms with Gasteiger partial charge in [0, 0.05) is 16.6 Å². The van der Waals surface area contributed by atoms with Crippen LogP contribution in [-0.4, -0.2) is 33.5 Å². The van der Waals surface area contributed by atoms with Crippen molar-refractivity contribution in [2.75, 3.05) is 17.2 Å². The average molecular weight is 350 g/mol. The molecule has 26 heavy (non-hydrogen) atoms. The van der Waals surface area contributed by atoms with Crippen molar-refractivity contribution in [1.29, 1.82) is 0 Å². The monoisotopic (exact) mass is 350 g/mol. The second-order valence-electron chi connectivity index (χ2n) is 6.10. The first kappa shape index (κ1) is 17.8. The van der Waals surface area contributed by atoms with E-state index >= 15 is 0 Å². The highest BCUT2D eigenvalue weighted by Gasteiger charge is 2.11. The van der Waals surface area contributed by atoms with E-state index in [-0.39, 0.29) is 18.4 Å². The summed E-state index contributed by atoms with van der Waals surface area (Å²) in [5.74, 6) is 1.16. The van der Waals surface area contributed by atoms with Gasteiger partial charge in [0.2, 0.25) is 5.95 Å². The van der Waals surface area contributed by atoms with Gasteiger partial charge in [0.25, 0.3) is 0 Å². The van der Waals surface area contributed by atoms with E-state index in [2.05, 4.69) is 20.6 Å². The van der Waals surface area contributed by atoms with Crippen molar-refractivity contribution in [3.05, 3.63) is 54.1 Å². The third-order valence-electron chi connectivity index (χ3n) is 4.20. The number of carbonyl (C=O) groups is 1. The van der Waals surface area contributed by atoms with Crippen LogP contribution in [0, 0.1) is 0 Å². The molecule has 0 amide bonds. The van der Waals surface area contributed by atoms with Crippen molar-refractivity contribution >= 4 is 34.1 Å². The third-order valence-corrected chi connectivity index (χ3v) is 4.20. The Morgan fingerprint density at radius 3 is 2.50 bits per heavy atom. The average Bonchev–Trinajstić information content (AvgIpc) is 2.66. The highest BCUT2D eigenvalue weighted by atomic mass is 16.3. The summed E-state index contributed by atoms with van der Waals surface area (Å²) in [6, 6.07) is 14.8. The predicted octanol–water partition coefficient (Wildman–Crippen LogP) is 3.76. The van der Waals surface area contributed by atoms with Gasteiger partial charge in [-0.2, -0.15) is 4.98 Å². The first-order chi connectivity index (χ1) is 12.6. The highest BCUT2D eigenvalue weighted by molar-refractivity contribution is 5.94. The topological polar surface area (TPSA) is 87.1 Å². The van der Waals surface area contributed by atoms with Gasteiger partial charge in [-0.25, -0.2) is 4.98 Å². The summed E-state index contributed by atoms with van der Waals surface area (Å²) < 4.78 is 0. The number of benzene rings is 2. The maximum absolute atomic E-state index is 11.4. The molecule has 3 rings (SSSR count). The predicted molar refractivity (Wildman–Crippen MR) is 104 cm³/mol. The van der Waals surface area contributed by atoms with Crippen molar-refractivity contribution in [2.24, 2.45) is 0 Å². The molecule has 0 aliphatic rings. The van der Waals surface area contributed by atoms with Crippen molar-refractivity contribution in [2.45, 2.75) is 26.3 Å². The van der Waals surface area contributed by atoms with Crippen LogP contribution in [0.2, 0.25) is 0 Å². The fourth-order valence-electron chi connectivity index (χ4n) is 2.63. The SMILES string of the molecule is CCC(CO)Nc1nc(Nc2ccc(C(C)=O)cc2)nc2ccccc12. The first-order valence-corrected chi connectivity index (χ1v) is 8.63. The fraction of sp³-hybridized carbons (Fsp3) is 0.250. The fourth-order valence-corrected chi connectivity index (χ4v) is 2.63. The van der Waals surface area contributed by atoms with Gasteiger partial charge >= 0.3 is 0 Å². The van der Waals surface area contributed by atoms with Crippen LogP contribution in [0.4, 0.5) is 17.5 Å². The van der Waals surface area contributed by atoms with Gasteiger partial charge in [-0.1, -0.05) is 19.1 Å². The summed E-state index contributed by atoms with van der Waals surface area (Å²) in [7, 11) is 0. The van der Waals surface area contributed by atoms with Crippen LogP contribution in [0.5, 0.6) is 0 Å². The Hall–Kier alpha value is -2.99. The molecule has 0 aliphatic heterocycles. The molecule has 0 fully saturated rings. The Morgan fingerprint density at radius 2 is 1.85 bits per heavy atom. The summed E-state index contributed by atoms with van der Waals surface area (Å²) in [4.78, 5) is 20.5. The third kappa shape index (κ3) is 3.97. The Kier molecular flexibility index (Phi) is 5.43. The lowest BCUT2D eigenvalue weighted by Crippen LogP contribution is -2.23. The number of aliphatic hydroxyl groups is 1. The molecule has 1 unspecified atom stereocenters. The number of nitrogens with one attached hydrogen (secondary N) is 2. The van der Waals surface area contributed by atoms with Crippen LogP contribution in [-0.2, 0) is 0 Å². The zero-order valence-corrected chi connectivity index (χ0v) is 14.9. The zero-order chi connectivity index (χ0) is 18.5. The molecule has 0 saturated heterocycles. The lowest BCUT2D eigenvalue weighted by atomic mass is 10.1. The minimum absolute atomic E-state index is 0.0274. The summed E-state index contributed by atoms with van der Waals surface area (Å²) in [5.41, 5.74) is 2.26. The quantitative estimate of drug-likeness (QED) is 0.563. The van der Waals surface area contributed by atoms with Gasteiger partial charge in [0.05, 0.1) is 18.2 Å². The maximum Gasteiger partial charge on any atom is 0.229 e. The number of nitrogens with zero attached hydrogens (tertiary/aromatic N) is 2. The van der Waals surface area contributed by atoms with Gasteiger partial charge in [-0.15, -0.1) is 0 Å². The molecule has 0 spiro atoms. The van der Waals surface area contributed by atoms with Crippen molar-refractivity contribution < 1.29 is 9.90 Å². The van der Waals surface area contributed by atoms with E-state index in [4.69, 9.17) is 0 Å². The second-order valence-corrected chi connectivity index (χ2v) is 6.10. The van der Waals surface area contributed by atoms with Crippen LogP contribution in [0.3, 0.4) is 0 Å². The number of hydrogen-bond donors (Lipinski definition) is 3. The Labute approximate surface area is 152 Å². The number of Topliss-reactive ketones (excluding diaryl/α,β-unsaturated/α-hetero) is 1. The molecule has 0 aliphatic carbocycles. The van der Waals surface area contributed by atoms with E-state index < -0.39 is 0 Å². The van der Waals surface area contributed by atoms with Gasteiger partial charge in [0.15, 0.2) is 5.78 Å². The molecule has 1 aromatic heterocycles. The molecular weight excluding hydrogens is 328 g/mol. The molecule has 6 nitrogen and oxygen atoms in total. The normalized spacial score (nSPS) is 12.0. The number of aromatic nitrogens is 2. The number of fused-ring (bicyclic) bond motifs is 1. The molecule has 1 heterocycles. The number of rotatable bonds is 7. The van der Waals surface area contributed by atoms with Crippen molar-refractivity contribution in [1.82, 2.24) is 9.97 Å². The van der Waals surface area contributed by atoms with Crippen molar-refractivity contribution in [3.8, 4) is 0 Å². The number of carbonyl (C=O) groups excluding carboxylic acids is 1. The van der Waals surface area contributed by atoms with Crippen LogP contribution >= 0.6 is 0 Å². The molecule has 0 radical (unpaired) electrons. The Morgan fingerprint density at radius 1 is 1.12 bits per heavy atom. The number of ketones is 1. The van der Waals surface area contributed by atoms with Gasteiger partial charge in [0.1, 0.15) is 5.82 Å². The van der Waals surface area contributed by atoms with Crippen LogP contribution in [0.1, 0.15) is 30.6 Å². The molecule has 2 aromatic carbocycles. The Balaban J connectivity index is 1.94. The molecule has 3 N–H and O–H groups in total. The molecule has 0 bridgehead atoms. The zero-order valence-electron chi connectivity index (χ0n) is 14.9. The van der Waals surface area contributed by atoms with Gasteiger partial charge in [-0.05, 0) is 49.7 Å². The van der Waals surface area contributed by atoms with E-state index in [1.165, 1.54) is 6.92 Å². The minimum Gasteiger partial charge on any atom is -0.394 e.